The van der Waals surface area contributed by atoms with E-state index in [1.54, 1.807) is 6.92 Å². The Hall–Kier alpha value is -1.47. The molecular formula is C15H23F3N2O3. The van der Waals surface area contributed by atoms with Crippen molar-refractivity contribution >= 4 is 12.0 Å². The van der Waals surface area contributed by atoms with Crippen molar-refractivity contribution in [2.45, 2.75) is 45.2 Å². The van der Waals surface area contributed by atoms with E-state index in [1.165, 1.54) is 4.90 Å². The van der Waals surface area contributed by atoms with Crippen LogP contribution in [0.5, 0.6) is 0 Å². The molecule has 2 fully saturated rings. The lowest BCUT2D eigenvalue weighted by Crippen LogP contribution is -2.45. The Labute approximate surface area is 133 Å². The highest BCUT2D eigenvalue weighted by Gasteiger charge is 2.46. The zero-order valence-corrected chi connectivity index (χ0v) is 13.2. The lowest BCUT2D eigenvalue weighted by Gasteiger charge is -2.33. The highest BCUT2D eigenvalue weighted by molar-refractivity contribution is 5.79. The number of hydrogen-bond acceptors (Lipinski definition) is 2. The largest absolute Gasteiger partial charge is 0.481 e. The fourth-order valence-corrected chi connectivity index (χ4v) is 3.52. The number of likely N-dealkylation sites (tertiary alicyclic amines) is 1. The van der Waals surface area contributed by atoms with Crippen LogP contribution in [0.3, 0.4) is 0 Å². The number of carbonyl (C=O) groups is 2. The van der Waals surface area contributed by atoms with Crippen LogP contribution >= 0.6 is 0 Å². The Morgan fingerprint density at radius 1 is 1.30 bits per heavy atom. The fourth-order valence-electron chi connectivity index (χ4n) is 3.52. The Balaban J connectivity index is 1.88. The van der Waals surface area contributed by atoms with Crippen molar-refractivity contribution in [2.75, 3.05) is 19.6 Å². The van der Waals surface area contributed by atoms with E-state index in [2.05, 4.69) is 5.32 Å². The molecule has 1 unspecified atom stereocenters. The molecule has 1 saturated heterocycles. The van der Waals surface area contributed by atoms with Gasteiger partial charge >= 0.3 is 18.2 Å². The first-order valence-corrected chi connectivity index (χ1v) is 7.96. The normalized spacial score (nSPS) is 31.9. The minimum atomic E-state index is -4.23. The van der Waals surface area contributed by atoms with Crippen LogP contribution in [0.15, 0.2) is 0 Å². The lowest BCUT2D eigenvalue weighted by molar-refractivity contribution is -0.195. The predicted octanol–water partition coefficient (Wildman–Crippen LogP) is 2.86. The summed E-state index contributed by atoms with van der Waals surface area (Å²) in [6, 6.07) is -0.471. The van der Waals surface area contributed by atoms with Gasteiger partial charge in [-0.15, -0.1) is 0 Å². The number of alkyl halides is 3. The van der Waals surface area contributed by atoms with Crippen LogP contribution in [0.4, 0.5) is 18.0 Å². The van der Waals surface area contributed by atoms with Crippen LogP contribution in [-0.2, 0) is 4.79 Å². The second-order valence-electron chi connectivity index (χ2n) is 6.92. The van der Waals surface area contributed by atoms with Gasteiger partial charge in [0.1, 0.15) is 0 Å². The van der Waals surface area contributed by atoms with E-state index in [0.717, 1.165) is 6.42 Å². The molecule has 0 spiro atoms. The zero-order valence-electron chi connectivity index (χ0n) is 13.2. The van der Waals surface area contributed by atoms with E-state index in [9.17, 15) is 22.8 Å². The van der Waals surface area contributed by atoms with Crippen molar-refractivity contribution in [1.29, 1.82) is 0 Å². The van der Waals surface area contributed by atoms with Gasteiger partial charge in [0.05, 0.1) is 11.3 Å². The molecule has 1 saturated carbocycles. The number of carboxylic acids is 1. The molecule has 1 aliphatic carbocycles. The minimum absolute atomic E-state index is 0.0106. The molecule has 3 atom stereocenters. The van der Waals surface area contributed by atoms with E-state index >= 15 is 0 Å². The summed E-state index contributed by atoms with van der Waals surface area (Å²) >= 11 is 0. The fraction of sp³-hybridized carbons (Fsp3) is 0.867. The Morgan fingerprint density at radius 3 is 2.52 bits per heavy atom. The molecule has 0 aromatic carbocycles. The maximum absolute atomic E-state index is 13.0. The van der Waals surface area contributed by atoms with Gasteiger partial charge in [0.15, 0.2) is 0 Å². The number of halogens is 3. The summed E-state index contributed by atoms with van der Waals surface area (Å²) in [6.07, 6.45) is -2.00. The summed E-state index contributed by atoms with van der Waals surface area (Å²) in [6.45, 7) is 1.95. The first-order valence-electron chi connectivity index (χ1n) is 7.96. The molecule has 1 heterocycles. The molecule has 2 N–H and O–H groups in total. The Kier molecular flexibility index (Phi) is 5.10. The van der Waals surface area contributed by atoms with Crippen LogP contribution in [-0.4, -0.2) is 47.8 Å². The standard InChI is InChI=1S/C15H23F3N2O3/c1-14(12(21)22)6-7-20(9-14)13(23)19-8-10-4-2-3-5-11(10)15(16,17)18/h10-11H,2-9H2,1H3,(H,19,23)(H,21,22)/t10-,11-,14?/m1/s1. The van der Waals surface area contributed by atoms with E-state index in [4.69, 9.17) is 5.11 Å². The summed E-state index contributed by atoms with van der Waals surface area (Å²) in [5, 5.41) is 11.7. The van der Waals surface area contributed by atoms with Crippen molar-refractivity contribution in [3.8, 4) is 0 Å². The molecule has 2 aliphatic rings. The SMILES string of the molecule is CC1(C(=O)O)CCN(C(=O)NC[C@H]2CCCC[C@H]2C(F)(F)F)C1. The monoisotopic (exact) mass is 336 g/mol. The first-order chi connectivity index (χ1) is 10.6. The molecule has 0 bridgehead atoms. The number of rotatable bonds is 3. The zero-order chi connectivity index (χ0) is 17.3. The number of carboxylic acid groups (broad SMARTS) is 1. The van der Waals surface area contributed by atoms with Gasteiger partial charge in [-0.2, -0.15) is 13.2 Å². The molecule has 2 amide bonds. The van der Waals surface area contributed by atoms with Gasteiger partial charge in [0, 0.05) is 19.6 Å². The lowest BCUT2D eigenvalue weighted by atomic mass is 9.79. The summed E-state index contributed by atoms with van der Waals surface area (Å²) < 4.78 is 39.1. The minimum Gasteiger partial charge on any atom is -0.481 e. The van der Waals surface area contributed by atoms with Gasteiger partial charge in [-0.1, -0.05) is 12.8 Å². The highest BCUT2D eigenvalue weighted by Crippen LogP contribution is 2.41. The molecule has 2 rings (SSSR count). The second kappa shape index (κ2) is 6.57. The van der Waals surface area contributed by atoms with Crippen molar-refractivity contribution < 1.29 is 27.9 Å². The van der Waals surface area contributed by atoms with Crippen molar-refractivity contribution in [3.63, 3.8) is 0 Å². The smallest absolute Gasteiger partial charge is 0.392 e. The summed E-state index contributed by atoms with van der Waals surface area (Å²) in [4.78, 5) is 24.6. The van der Waals surface area contributed by atoms with Gasteiger partial charge in [0.2, 0.25) is 0 Å². The van der Waals surface area contributed by atoms with Crippen LogP contribution in [0.2, 0.25) is 0 Å². The van der Waals surface area contributed by atoms with Crippen LogP contribution in [0.1, 0.15) is 39.0 Å². The van der Waals surface area contributed by atoms with E-state index < -0.39 is 35.4 Å². The number of nitrogens with one attached hydrogen (secondary N) is 1. The quantitative estimate of drug-likeness (QED) is 0.833. The number of amides is 2. The number of aliphatic carboxylic acids is 1. The van der Waals surface area contributed by atoms with Gasteiger partial charge < -0.3 is 15.3 Å². The molecule has 0 aromatic rings. The van der Waals surface area contributed by atoms with Gasteiger partial charge in [-0.25, -0.2) is 4.79 Å². The molecule has 0 aromatic heterocycles. The summed E-state index contributed by atoms with van der Waals surface area (Å²) in [5.41, 5.74) is -0.976. The topological polar surface area (TPSA) is 69.6 Å². The van der Waals surface area contributed by atoms with Gasteiger partial charge in [0.25, 0.3) is 0 Å². The Morgan fingerprint density at radius 2 is 1.96 bits per heavy atom. The van der Waals surface area contributed by atoms with Crippen molar-refractivity contribution in [2.24, 2.45) is 17.3 Å². The maximum atomic E-state index is 13.0. The highest BCUT2D eigenvalue weighted by atomic mass is 19.4. The van der Waals surface area contributed by atoms with Crippen LogP contribution < -0.4 is 5.32 Å². The van der Waals surface area contributed by atoms with E-state index in [0.29, 0.717) is 25.8 Å². The Bertz CT molecular complexity index is 469. The van der Waals surface area contributed by atoms with Gasteiger partial charge in [-0.3, -0.25) is 4.79 Å². The predicted molar refractivity (Wildman–Crippen MR) is 76.8 cm³/mol. The number of carbonyl (C=O) groups excluding carboxylic acids is 1. The van der Waals surface area contributed by atoms with Gasteiger partial charge in [-0.05, 0) is 32.1 Å². The molecule has 0 radical (unpaired) electrons. The van der Waals surface area contributed by atoms with Crippen LogP contribution in [0.25, 0.3) is 0 Å². The molecule has 1 aliphatic heterocycles. The van der Waals surface area contributed by atoms with Crippen LogP contribution in [0, 0.1) is 17.3 Å². The van der Waals surface area contributed by atoms with E-state index in [1.807, 2.05) is 0 Å². The number of hydrogen-bond donors (Lipinski definition) is 2. The van der Waals surface area contributed by atoms with Crippen molar-refractivity contribution in [3.05, 3.63) is 0 Å². The molecular weight excluding hydrogens is 313 g/mol. The second-order valence-corrected chi connectivity index (χ2v) is 6.92. The molecule has 23 heavy (non-hydrogen) atoms. The molecule has 8 heteroatoms. The average Bonchev–Trinajstić information content (AvgIpc) is 2.88. The summed E-state index contributed by atoms with van der Waals surface area (Å²) in [7, 11) is 0. The third-order valence-electron chi connectivity index (χ3n) is 5.12. The maximum Gasteiger partial charge on any atom is 0.392 e. The third kappa shape index (κ3) is 4.09. The summed E-state index contributed by atoms with van der Waals surface area (Å²) in [5.74, 6) is -2.92. The number of urea groups is 1. The third-order valence-corrected chi connectivity index (χ3v) is 5.12. The first kappa shape index (κ1) is 17.9. The molecule has 132 valence electrons. The average molecular weight is 336 g/mol. The number of nitrogens with zero attached hydrogens (tertiary/aromatic N) is 1. The van der Waals surface area contributed by atoms with Crippen molar-refractivity contribution in [1.82, 2.24) is 10.2 Å². The molecule has 5 nitrogen and oxygen atoms in total. The van der Waals surface area contributed by atoms with E-state index in [-0.39, 0.29) is 19.5 Å².